The number of halogens is 4. The van der Waals surface area contributed by atoms with Gasteiger partial charge in [-0.25, -0.2) is 18.3 Å². The van der Waals surface area contributed by atoms with Crippen molar-refractivity contribution in [3.05, 3.63) is 47.7 Å². The van der Waals surface area contributed by atoms with Crippen LogP contribution in [0.2, 0.25) is 0 Å². The molecule has 2 aliphatic rings. The monoisotopic (exact) mass is 452 g/mol. The molecule has 1 atom stereocenters. The van der Waals surface area contributed by atoms with Crippen LogP contribution in [0.5, 0.6) is 0 Å². The molecule has 5 nitrogen and oxygen atoms in total. The molecule has 1 unspecified atom stereocenters. The largest absolute Gasteiger partial charge is 0.434 e. The smallest absolute Gasteiger partial charge is 0.329 e. The molecule has 0 radical (unpaired) electrons. The molecule has 3 aromatic heterocycles. The molecule has 0 aliphatic heterocycles. The Hall–Kier alpha value is -2.33. The van der Waals surface area contributed by atoms with Gasteiger partial charge in [-0.1, -0.05) is 0 Å². The van der Waals surface area contributed by atoms with Gasteiger partial charge in [0.2, 0.25) is 0 Å². The van der Waals surface area contributed by atoms with Gasteiger partial charge in [-0.3, -0.25) is 4.98 Å². The predicted molar refractivity (Wildman–Crippen MR) is 109 cm³/mol. The van der Waals surface area contributed by atoms with Crippen LogP contribution in [-0.4, -0.2) is 24.0 Å². The van der Waals surface area contributed by atoms with E-state index in [4.69, 9.17) is 0 Å². The van der Waals surface area contributed by atoms with Gasteiger partial charge in [0.15, 0.2) is 5.69 Å². The van der Waals surface area contributed by atoms with Gasteiger partial charge in [-0.2, -0.15) is 13.2 Å². The van der Waals surface area contributed by atoms with E-state index in [1.165, 1.54) is 18.2 Å². The van der Waals surface area contributed by atoms with Crippen molar-refractivity contribution in [1.29, 1.82) is 0 Å². The Bertz CT molecular complexity index is 1170. The van der Waals surface area contributed by atoms with Crippen LogP contribution in [0.3, 0.4) is 0 Å². The quantitative estimate of drug-likeness (QED) is 0.542. The highest BCUT2D eigenvalue weighted by Gasteiger charge is 2.37. The summed E-state index contributed by atoms with van der Waals surface area (Å²) < 4.78 is 72.4. The Morgan fingerprint density at radius 3 is 2.65 bits per heavy atom. The summed E-state index contributed by atoms with van der Waals surface area (Å²) in [7, 11) is -1.15. The zero-order chi connectivity index (χ0) is 21.8. The fraction of sp³-hybridized carbons (Fsp3) is 0.429. The molecule has 5 rings (SSSR count). The molecule has 0 saturated heterocycles. The molecule has 1 N–H and O–H groups in total. The van der Waals surface area contributed by atoms with Gasteiger partial charge in [-0.05, 0) is 55.9 Å². The highest BCUT2D eigenvalue weighted by molar-refractivity contribution is 7.83. The third kappa shape index (κ3) is 3.87. The topological polar surface area (TPSA) is 59.8 Å². The summed E-state index contributed by atoms with van der Waals surface area (Å²) in [5, 5.41) is 0.679. The Morgan fingerprint density at radius 1 is 1.23 bits per heavy atom. The first-order valence-corrected chi connectivity index (χ1v) is 11.4. The second kappa shape index (κ2) is 7.67. The van der Waals surface area contributed by atoms with E-state index in [1.54, 1.807) is 0 Å². The lowest BCUT2D eigenvalue weighted by Gasteiger charge is -2.27. The normalized spacial score (nSPS) is 18.3. The Balaban J connectivity index is 1.61. The van der Waals surface area contributed by atoms with E-state index in [9.17, 15) is 17.4 Å². The number of rotatable bonds is 6. The van der Waals surface area contributed by atoms with Crippen LogP contribution in [-0.2, 0) is 23.7 Å². The number of hydrogen-bond donors (Lipinski definition) is 1. The van der Waals surface area contributed by atoms with Crippen LogP contribution in [0.15, 0.2) is 30.6 Å². The highest BCUT2D eigenvalue weighted by atomic mass is 32.2. The molecule has 0 bridgehead atoms. The molecule has 2 fully saturated rings. The van der Waals surface area contributed by atoms with E-state index >= 15 is 4.39 Å². The molecule has 2 saturated carbocycles. The Labute approximate surface area is 178 Å². The molecule has 10 heteroatoms. The lowest BCUT2D eigenvalue weighted by atomic mass is 9.93. The fourth-order valence-corrected chi connectivity index (χ4v) is 4.95. The van der Waals surface area contributed by atoms with Crippen LogP contribution < -0.4 is 4.72 Å². The minimum atomic E-state index is -4.72. The highest BCUT2D eigenvalue weighted by Crippen LogP contribution is 2.39. The Kier molecular flexibility index (Phi) is 5.09. The molecule has 164 valence electrons. The second-order valence-electron chi connectivity index (χ2n) is 8.05. The third-order valence-electron chi connectivity index (χ3n) is 5.87. The lowest BCUT2D eigenvalue weighted by Crippen LogP contribution is -2.20. The average molecular weight is 452 g/mol. The molecular formula is C21H20F4N4OS. The summed E-state index contributed by atoms with van der Waals surface area (Å²) in [6.45, 7) is 0.278. The SMILES string of the molecule is O=S(NCc1cn(C2CCC2)c2nc(-c3cccnc3C(F)(F)F)c(F)cc12)C1CC1. The van der Waals surface area contributed by atoms with Crippen LogP contribution in [0.4, 0.5) is 17.6 Å². The second-order valence-corrected chi connectivity index (χ2v) is 9.60. The standard InChI is InChI=1S/C21H20F4N4OS/c22-17-9-16-12(10-27-31(30)14-6-7-14)11-29(13-3-1-4-13)20(16)28-18(17)15-5-2-8-26-19(15)21(23,24)25/h2,5,8-9,11,13-14,27H,1,3-4,6-7,10H2. The number of pyridine rings is 2. The van der Waals surface area contributed by atoms with Crippen LogP contribution in [0.25, 0.3) is 22.3 Å². The summed E-state index contributed by atoms with van der Waals surface area (Å²) in [5.74, 6) is -0.845. The van der Waals surface area contributed by atoms with E-state index in [-0.39, 0.29) is 29.1 Å². The first-order valence-electron chi connectivity index (χ1n) is 10.2. The molecule has 3 heterocycles. The van der Waals surface area contributed by atoms with Crippen molar-refractivity contribution in [2.45, 2.75) is 56.1 Å². The van der Waals surface area contributed by atoms with Crippen LogP contribution in [0, 0.1) is 5.82 Å². The number of alkyl halides is 3. The summed E-state index contributed by atoms with van der Waals surface area (Å²) in [4.78, 5) is 7.79. The minimum Gasteiger partial charge on any atom is -0.329 e. The molecule has 31 heavy (non-hydrogen) atoms. The molecule has 3 aromatic rings. The maximum atomic E-state index is 15.0. The van der Waals surface area contributed by atoms with Crippen molar-refractivity contribution >= 4 is 22.0 Å². The van der Waals surface area contributed by atoms with Gasteiger partial charge in [0.05, 0.1) is 11.0 Å². The summed E-state index contributed by atoms with van der Waals surface area (Å²) >= 11 is 0. The van der Waals surface area contributed by atoms with E-state index in [0.717, 1.165) is 43.9 Å². The Morgan fingerprint density at radius 2 is 2.00 bits per heavy atom. The van der Waals surface area contributed by atoms with Crippen molar-refractivity contribution in [3.8, 4) is 11.3 Å². The van der Waals surface area contributed by atoms with Gasteiger partial charge in [0.25, 0.3) is 0 Å². The number of nitrogens with zero attached hydrogens (tertiary/aromatic N) is 3. The molecular weight excluding hydrogens is 432 g/mol. The van der Waals surface area contributed by atoms with Gasteiger partial charge in [0.1, 0.15) is 17.2 Å². The molecule has 2 aliphatic carbocycles. The zero-order valence-corrected chi connectivity index (χ0v) is 17.3. The zero-order valence-electron chi connectivity index (χ0n) is 16.5. The van der Waals surface area contributed by atoms with Crippen molar-refractivity contribution < 1.29 is 21.8 Å². The number of hydrogen-bond acceptors (Lipinski definition) is 3. The summed E-state index contributed by atoms with van der Waals surface area (Å²) in [6.07, 6.45) is 2.93. The van der Waals surface area contributed by atoms with Crippen molar-refractivity contribution in [2.24, 2.45) is 0 Å². The van der Waals surface area contributed by atoms with Crippen molar-refractivity contribution in [3.63, 3.8) is 0 Å². The maximum absolute atomic E-state index is 15.0. The average Bonchev–Trinajstić information content (AvgIpc) is 3.48. The molecule has 0 amide bonds. The van der Waals surface area contributed by atoms with Crippen molar-refractivity contribution in [1.82, 2.24) is 19.3 Å². The lowest BCUT2D eigenvalue weighted by molar-refractivity contribution is -0.140. The summed E-state index contributed by atoms with van der Waals surface area (Å²) in [6, 6.07) is 3.93. The van der Waals surface area contributed by atoms with E-state index < -0.39 is 28.7 Å². The number of aromatic nitrogens is 3. The fourth-order valence-electron chi connectivity index (χ4n) is 3.85. The van der Waals surface area contributed by atoms with Gasteiger partial charge in [-0.15, -0.1) is 0 Å². The predicted octanol–water partition coefficient (Wildman–Crippen LogP) is 4.90. The first-order chi connectivity index (χ1) is 14.8. The van der Waals surface area contributed by atoms with Gasteiger partial charge in [0, 0.05) is 41.2 Å². The minimum absolute atomic E-state index is 0.160. The number of nitrogens with one attached hydrogen (secondary N) is 1. The molecule has 0 spiro atoms. The van der Waals surface area contributed by atoms with E-state index in [1.807, 2.05) is 10.8 Å². The number of fused-ring (bicyclic) bond motifs is 1. The van der Waals surface area contributed by atoms with Gasteiger partial charge >= 0.3 is 6.18 Å². The third-order valence-corrected chi connectivity index (χ3v) is 7.38. The first kappa shape index (κ1) is 20.6. The van der Waals surface area contributed by atoms with Crippen molar-refractivity contribution in [2.75, 3.05) is 0 Å². The van der Waals surface area contributed by atoms with E-state index in [0.29, 0.717) is 11.0 Å². The van der Waals surface area contributed by atoms with Gasteiger partial charge < -0.3 is 4.57 Å². The van der Waals surface area contributed by atoms with Crippen LogP contribution >= 0.6 is 0 Å². The summed E-state index contributed by atoms with van der Waals surface area (Å²) in [5.41, 5.74) is -0.745. The van der Waals surface area contributed by atoms with Crippen LogP contribution in [0.1, 0.15) is 49.4 Å². The maximum Gasteiger partial charge on any atom is 0.434 e. The van der Waals surface area contributed by atoms with E-state index in [2.05, 4.69) is 14.7 Å². The molecule has 0 aromatic carbocycles.